The number of halogens is 1. The molecule has 0 aromatic heterocycles. The third-order valence-corrected chi connectivity index (χ3v) is 5.60. The van der Waals surface area contributed by atoms with E-state index in [2.05, 4.69) is 15.9 Å². The fraction of sp³-hybridized carbons (Fsp3) is 0.571. The van der Waals surface area contributed by atoms with Crippen molar-refractivity contribution >= 4 is 26.0 Å². The number of rotatable bonds is 7. The Balaban J connectivity index is 3.15. The minimum atomic E-state index is -3.40. The average Bonchev–Trinajstić information content (AvgIpc) is 2.39. The van der Waals surface area contributed by atoms with E-state index < -0.39 is 10.0 Å². The molecule has 0 amide bonds. The predicted octanol–water partition coefficient (Wildman–Crippen LogP) is 3.57. The van der Waals surface area contributed by atoms with E-state index in [-0.39, 0.29) is 6.04 Å². The first-order valence-electron chi connectivity index (χ1n) is 6.61. The highest BCUT2D eigenvalue weighted by atomic mass is 79.9. The van der Waals surface area contributed by atoms with Crippen LogP contribution in [0.4, 0.5) is 0 Å². The molecule has 0 N–H and O–H groups in total. The fourth-order valence-corrected chi connectivity index (χ4v) is 4.51. The highest BCUT2D eigenvalue weighted by Crippen LogP contribution is 2.21. The van der Waals surface area contributed by atoms with Gasteiger partial charge in [0.1, 0.15) is 0 Å². The van der Waals surface area contributed by atoms with Gasteiger partial charge in [0, 0.05) is 17.9 Å². The van der Waals surface area contributed by atoms with E-state index in [1.807, 2.05) is 32.9 Å². The Morgan fingerprint density at radius 1 is 1.16 bits per heavy atom. The molecule has 0 aliphatic rings. The Bertz CT molecular complexity index is 481. The van der Waals surface area contributed by atoms with Crippen molar-refractivity contribution in [3.05, 3.63) is 29.8 Å². The van der Waals surface area contributed by atoms with E-state index in [9.17, 15) is 8.42 Å². The van der Waals surface area contributed by atoms with E-state index >= 15 is 0 Å². The highest BCUT2D eigenvalue weighted by molar-refractivity contribution is 9.09. The maximum Gasteiger partial charge on any atom is 0.243 e. The molecule has 0 aliphatic heterocycles. The Kier molecular flexibility index (Phi) is 6.50. The van der Waals surface area contributed by atoms with Crippen molar-refractivity contribution < 1.29 is 8.42 Å². The van der Waals surface area contributed by atoms with Crippen LogP contribution in [0, 0.1) is 6.92 Å². The lowest BCUT2D eigenvalue weighted by Crippen LogP contribution is -2.40. The van der Waals surface area contributed by atoms with Gasteiger partial charge in [0.15, 0.2) is 0 Å². The van der Waals surface area contributed by atoms with Crippen LogP contribution in [0.2, 0.25) is 0 Å². The number of hydrogen-bond acceptors (Lipinski definition) is 2. The molecule has 3 nitrogen and oxygen atoms in total. The van der Waals surface area contributed by atoms with Crippen molar-refractivity contribution in [2.24, 2.45) is 0 Å². The molecular formula is C14H22BrNO2S. The lowest BCUT2D eigenvalue weighted by Gasteiger charge is -2.29. The SMILES string of the molecule is CCC(CC)N(CCBr)S(=O)(=O)c1ccc(C)cc1. The molecule has 0 saturated heterocycles. The van der Waals surface area contributed by atoms with Gasteiger partial charge in [0.25, 0.3) is 0 Å². The third kappa shape index (κ3) is 4.04. The van der Waals surface area contributed by atoms with Gasteiger partial charge < -0.3 is 0 Å². The van der Waals surface area contributed by atoms with Gasteiger partial charge in [0.2, 0.25) is 10.0 Å². The van der Waals surface area contributed by atoms with Crippen LogP contribution in [-0.4, -0.2) is 30.6 Å². The molecule has 0 unspecified atom stereocenters. The molecule has 1 rings (SSSR count). The summed E-state index contributed by atoms with van der Waals surface area (Å²) in [7, 11) is -3.40. The summed E-state index contributed by atoms with van der Waals surface area (Å²) >= 11 is 3.35. The topological polar surface area (TPSA) is 37.4 Å². The zero-order valence-electron chi connectivity index (χ0n) is 11.8. The van der Waals surface area contributed by atoms with Crippen molar-refractivity contribution in [3.8, 4) is 0 Å². The molecule has 1 aromatic carbocycles. The number of sulfonamides is 1. The van der Waals surface area contributed by atoms with Gasteiger partial charge >= 0.3 is 0 Å². The second-order valence-electron chi connectivity index (χ2n) is 4.59. The number of aryl methyl sites for hydroxylation is 1. The maximum absolute atomic E-state index is 12.7. The van der Waals surface area contributed by atoms with Crippen LogP contribution in [0.5, 0.6) is 0 Å². The standard InChI is InChI=1S/C14H22BrNO2S/c1-4-13(5-2)16(11-10-15)19(17,18)14-8-6-12(3)7-9-14/h6-9,13H,4-5,10-11H2,1-3H3. The van der Waals surface area contributed by atoms with Crippen molar-refractivity contribution in [2.75, 3.05) is 11.9 Å². The van der Waals surface area contributed by atoms with Crippen LogP contribution in [0.25, 0.3) is 0 Å². The molecule has 0 fully saturated rings. The summed E-state index contributed by atoms with van der Waals surface area (Å²) in [5, 5.41) is 0.647. The molecule has 5 heteroatoms. The van der Waals surface area contributed by atoms with Crippen LogP contribution in [0.3, 0.4) is 0 Å². The molecular weight excluding hydrogens is 326 g/mol. The Morgan fingerprint density at radius 2 is 1.68 bits per heavy atom. The van der Waals surface area contributed by atoms with Gasteiger partial charge in [-0.15, -0.1) is 0 Å². The third-order valence-electron chi connectivity index (χ3n) is 3.28. The normalized spacial score (nSPS) is 12.3. The summed E-state index contributed by atoms with van der Waals surface area (Å²) in [5.41, 5.74) is 1.06. The van der Waals surface area contributed by atoms with E-state index in [0.717, 1.165) is 18.4 Å². The van der Waals surface area contributed by atoms with Gasteiger partial charge in [-0.3, -0.25) is 0 Å². The zero-order valence-corrected chi connectivity index (χ0v) is 14.2. The second-order valence-corrected chi connectivity index (χ2v) is 7.27. The molecule has 0 radical (unpaired) electrons. The molecule has 0 spiro atoms. The zero-order chi connectivity index (χ0) is 14.5. The largest absolute Gasteiger partial charge is 0.243 e. The average molecular weight is 348 g/mol. The number of benzene rings is 1. The van der Waals surface area contributed by atoms with E-state index in [0.29, 0.717) is 16.8 Å². The molecule has 19 heavy (non-hydrogen) atoms. The monoisotopic (exact) mass is 347 g/mol. The van der Waals surface area contributed by atoms with E-state index in [1.165, 1.54) is 0 Å². The van der Waals surface area contributed by atoms with Gasteiger partial charge in [-0.05, 0) is 31.9 Å². The van der Waals surface area contributed by atoms with Gasteiger partial charge in [-0.1, -0.05) is 47.5 Å². The Hall–Kier alpha value is -0.390. The first-order valence-corrected chi connectivity index (χ1v) is 9.18. The van der Waals surface area contributed by atoms with Crippen LogP contribution in [-0.2, 0) is 10.0 Å². The van der Waals surface area contributed by atoms with E-state index in [1.54, 1.807) is 16.4 Å². The van der Waals surface area contributed by atoms with E-state index in [4.69, 9.17) is 0 Å². The quantitative estimate of drug-likeness (QED) is 0.707. The molecule has 0 bridgehead atoms. The molecule has 0 heterocycles. The van der Waals surface area contributed by atoms with Crippen molar-refractivity contribution in [1.82, 2.24) is 4.31 Å². The number of nitrogens with zero attached hydrogens (tertiary/aromatic N) is 1. The summed E-state index contributed by atoms with van der Waals surface area (Å²) in [6, 6.07) is 7.12. The Morgan fingerprint density at radius 3 is 2.11 bits per heavy atom. The summed E-state index contributed by atoms with van der Waals surface area (Å²) in [6.45, 7) is 6.51. The minimum Gasteiger partial charge on any atom is -0.207 e. The smallest absolute Gasteiger partial charge is 0.207 e. The summed E-state index contributed by atoms with van der Waals surface area (Å²) in [4.78, 5) is 0.381. The number of alkyl halides is 1. The molecule has 1 aromatic rings. The fourth-order valence-electron chi connectivity index (χ4n) is 2.12. The molecule has 0 atom stereocenters. The lowest BCUT2D eigenvalue weighted by molar-refractivity contribution is 0.317. The van der Waals surface area contributed by atoms with Gasteiger partial charge in [-0.25, -0.2) is 8.42 Å². The van der Waals surface area contributed by atoms with Crippen molar-refractivity contribution in [1.29, 1.82) is 0 Å². The number of hydrogen-bond donors (Lipinski definition) is 0. The molecule has 108 valence electrons. The summed E-state index contributed by atoms with van der Waals surface area (Å²) in [6.07, 6.45) is 1.66. The van der Waals surface area contributed by atoms with Gasteiger partial charge in [-0.2, -0.15) is 4.31 Å². The highest BCUT2D eigenvalue weighted by Gasteiger charge is 2.28. The second kappa shape index (κ2) is 7.41. The van der Waals surface area contributed by atoms with Crippen LogP contribution in [0.1, 0.15) is 32.3 Å². The summed E-state index contributed by atoms with van der Waals surface area (Å²) < 4.78 is 27.0. The predicted molar refractivity (Wildman–Crippen MR) is 83.2 cm³/mol. The van der Waals surface area contributed by atoms with Crippen LogP contribution in [0.15, 0.2) is 29.2 Å². The minimum absolute atomic E-state index is 0.0591. The summed E-state index contributed by atoms with van der Waals surface area (Å²) in [5.74, 6) is 0. The van der Waals surface area contributed by atoms with Crippen LogP contribution < -0.4 is 0 Å². The lowest BCUT2D eigenvalue weighted by atomic mass is 10.2. The van der Waals surface area contributed by atoms with Gasteiger partial charge in [0.05, 0.1) is 4.90 Å². The van der Waals surface area contributed by atoms with Crippen molar-refractivity contribution in [2.45, 2.75) is 44.6 Å². The first kappa shape index (κ1) is 16.7. The maximum atomic E-state index is 12.7. The molecule has 0 aliphatic carbocycles. The Labute approximate surface area is 125 Å². The molecule has 0 saturated carbocycles. The van der Waals surface area contributed by atoms with Crippen molar-refractivity contribution in [3.63, 3.8) is 0 Å². The first-order chi connectivity index (χ1) is 8.97. The van der Waals surface area contributed by atoms with Crippen LogP contribution >= 0.6 is 15.9 Å².